The molecule has 2 aromatic rings. The third-order valence-corrected chi connectivity index (χ3v) is 4.43. The largest absolute Gasteiger partial charge is 0.376 e. The molecular weight excluding hydrogens is 314 g/mol. The van der Waals surface area contributed by atoms with Crippen molar-refractivity contribution < 1.29 is 4.74 Å². The van der Waals surface area contributed by atoms with Gasteiger partial charge in [0.05, 0.1) is 18.0 Å². The van der Waals surface area contributed by atoms with Gasteiger partial charge in [-0.25, -0.2) is 5.10 Å². The van der Waals surface area contributed by atoms with E-state index < -0.39 is 0 Å². The first-order valence-electron chi connectivity index (χ1n) is 7.87. The fraction of sp³-hybridized carbons (Fsp3) is 0.412. The summed E-state index contributed by atoms with van der Waals surface area (Å²) in [4.78, 5) is 13.6. The van der Waals surface area contributed by atoms with Gasteiger partial charge in [-0.15, -0.1) is 0 Å². The summed E-state index contributed by atoms with van der Waals surface area (Å²) in [5, 5.41) is 6.35. The van der Waals surface area contributed by atoms with Crippen molar-refractivity contribution in [3.8, 4) is 0 Å². The maximum absolute atomic E-state index is 11.5. The number of benzene rings is 1. The lowest BCUT2D eigenvalue weighted by molar-refractivity contribution is 0.0667. The first kappa shape index (κ1) is 16.0. The monoisotopic (exact) mass is 333 g/mol. The Morgan fingerprint density at radius 1 is 1.35 bits per heavy atom. The topological polar surface area (TPSA) is 58.2 Å². The first-order valence-corrected chi connectivity index (χ1v) is 8.25. The third kappa shape index (κ3) is 4.12. The van der Waals surface area contributed by atoms with Crippen LogP contribution >= 0.6 is 11.6 Å². The second kappa shape index (κ2) is 7.62. The Bertz CT molecular complexity index is 690. The SMILES string of the molecule is O=c1[nH]ncc(N2CC[C@@H](OCCCc3ccccc3)C2)c1Cl. The molecule has 6 heteroatoms. The van der Waals surface area contributed by atoms with E-state index in [1.165, 1.54) is 5.56 Å². The molecule has 1 aromatic heterocycles. The maximum Gasteiger partial charge on any atom is 0.285 e. The molecule has 3 rings (SSSR count). The lowest BCUT2D eigenvalue weighted by Crippen LogP contribution is -2.25. The van der Waals surface area contributed by atoms with Crippen molar-refractivity contribution in [3.63, 3.8) is 0 Å². The van der Waals surface area contributed by atoms with Crippen LogP contribution in [-0.2, 0) is 11.2 Å². The Morgan fingerprint density at radius 2 is 2.17 bits per heavy atom. The number of rotatable bonds is 6. The van der Waals surface area contributed by atoms with Crippen molar-refractivity contribution in [1.29, 1.82) is 0 Å². The summed E-state index contributed by atoms with van der Waals surface area (Å²) < 4.78 is 5.96. The van der Waals surface area contributed by atoms with Crippen LogP contribution in [0.2, 0.25) is 5.02 Å². The summed E-state index contributed by atoms with van der Waals surface area (Å²) in [6, 6.07) is 10.4. The van der Waals surface area contributed by atoms with Crippen molar-refractivity contribution in [3.05, 3.63) is 57.5 Å². The zero-order chi connectivity index (χ0) is 16.1. The summed E-state index contributed by atoms with van der Waals surface area (Å²) in [6.45, 7) is 2.32. The van der Waals surface area contributed by atoms with Crippen LogP contribution < -0.4 is 10.5 Å². The third-order valence-electron chi connectivity index (χ3n) is 4.07. The first-order chi connectivity index (χ1) is 11.2. The van der Waals surface area contributed by atoms with E-state index in [-0.39, 0.29) is 16.7 Å². The van der Waals surface area contributed by atoms with E-state index in [0.29, 0.717) is 5.69 Å². The number of nitrogens with zero attached hydrogens (tertiary/aromatic N) is 2. The molecule has 0 aliphatic carbocycles. The molecule has 2 heterocycles. The molecule has 1 atom stereocenters. The summed E-state index contributed by atoms with van der Waals surface area (Å²) in [5.41, 5.74) is 1.67. The van der Waals surface area contributed by atoms with E-state index in [0.717, 1.165) is 39.0 Å². The van der Waals surface area contributed by atoms with E-state index in [1.807, 2.05) is 6.07 Å². The van der Waals surface area contributed by atoms with Crippen molar-refractivity contribution in [1.82, 2.24) is 10.2 Å². The van der Waals surface area contributed by atoms with Crippen LogP contribution in [0.3, 0.4) is 0 Å². The molecule has 1 aromatic carbocycles. The number of nitrogens with one attached hydrogen (secondary N) is 1. The molecule has 0 radical (unpaired) electrons. The number of hydrogen-bond acceptors (Lipinski definition) is 4. The Hall–Kier alpha value is -1.85. The van der Waals surface area contributed by atoms with Gasteiger partial charge >= 0.3 is 0 Å². The van der Waals surface area contributed by atoms with E-state index >= 15 is 0 Å². The lowest BCUT2D eigenvalue weighted by Gasteiger charge is -2.18. The van der Waals surface area contributed by atoms with Crippen LogP contribution in [0, 0.1) is 0 Å². The molecule has 0 bridgehead atoms. The molecule has 1 N–H and O–H groups in total. The number of aromatic nitrogens is 2. The molecule has 5 nitrogen and oxygen atoms in total. The van der Waals surface area contributed by atoms with Crippen LogP contribution in [-0.4, -0.2) is 36.0 Å². The number of aromatic amines is 1. The molecule has 0 amide bonds. The molecule has 1 fully saturated rings. The summed E-state index contributed by atoms with van der Waals surface area (Å²) in [6.07, 6.45) is 4.76. The second-order valence-corrected chi connectivity index (χ2v) is 6.09. The van der Waals surface area contributed by atoms with Gasteiger partial charge in [-0.3, -0.25) is 4.79 Å². The van der Waals surface area contributed by atoms with Gasteiger partial charge in [0.1, 0.15) is 5.02 Å². The Balaban J connectivity index is 1.45. The number of halogens is 1. The smallest absolute Gasteiger partial charge is 0.285 e. The van der Waals surface area contributed by atoms with E-state index in [1.54, 1.807) is 6.20 Å². The molecule has 23 heavy (non-hydrogen) atoms. The highest BCUT2D eigenvalue weighted by Gasteiger charge is 2.25. The van der Waals surface area contributed by atoms with E-state index in [2.05, 4.69) is 39.4 Å². The molecule has 122 valence electrons. The number of anilines is 1. The molecule has 1 aliphatic heterocycles. The van der Waals surface area contributed by atoms with Crippen molar-refractivity contribution in [2.24, 2.45) is 0 Å². The summed E-state index contributed by atoms with van der Waals surface area (Å²) in [7, 11) is 0. The molecule has 1 saturated heterocycles. The van der Waals surface area contributed by atoms with Crippen LogP contribution in [0.4, 0.5) is 5.69 Å². The summed E-state index contributed by atoms with van der Waals surface area (Å²) in [5.74, 6) is 0. The fourth-order valence-electron chi connectivity index (χ4n) is 2.85. The van der Waals surface area contributed by atoms with Crippen LogP contribution in [0.1, 0.15) is 18.4 Å². The van der Waals surface area contributed by atoms with Gasteiger partial charge < -0.3 is 9.64 Å². The van der Waals surface area contributed by atoms with Gasteiger partial charge in [-0.1, -0.05) is 41.9 Å². The zero-order valence-corrected chi connectivity index (χ0v) is 13.6. The quantitative estimate of drug-likeness (QED) is 0.826. The predicted octanol–water partition coefficient (Wildman–Crippen LogP) is 2.65. The minimum Gasteiger partial charge on any atom is -0.376 e. The zero-order valence-electron chi connectivity index (χ0n) is 12.9. The maximum atomic E-state index is 11.5. The number of hydrogen-bond donors (Lipinski definition) is 1. The Labute approximate surface area is 140 Å². The number of H-pyrrole nitrogens is 1. The highest BCUT2D eigenvalue weighted by atomic mass is 35.5. The number of ether oxygens (including phenoxy) is 1. The average Bonchev–Trinajstić information content (AvgIpc) is 3.04. The minimum atomic E-state index is -0.351. The predicted molar refractivity (Wildman–Crippen MR) is 91.2 cm³/mol. The van der Waals surface area contributed by atoms with Gasteiger partial charge in [-0.05, 0) is 24.8 Å². The fourth-order valence-corrected chi connectivity index (χ4v) is 3.06. The highest BCUT2D eigenvalue weighted by Crippen LogP contribution is 2.25. The Kier molecular flexibility index (Phi) is 5.31. The van der Waals surface area contributed by atoms with Gasteiger partial charge in [0.15, 0.2) is 0 Å². The van der Waals surface area contributed by atoms with Crippen LogP contribution in [0.5, 0.6) is 0 Å². The minimum absolute atomic E-state index is 0.182. The normalized spacial score (nSPS) is 17.6. The molecule has 0 spiro atoms. The van der Waals surface area contributed by atoms with E-state index in [9.17, 15) is 4.79 Å². The Morgan fingerprint density at radius 3 is 3.00 bits per heavy atom. The lowest BCUT2D eigenvalue weighted by atomic mass is 10.1. The molecule has 0 saturated carbocycles. The molecular formula is C17H20ClN3O2. The van der Waals surface area contributed by atoms with Gasteiger partial charge in [0.2, 0.25) is 0 Å². The van der Waals surface area contributed by atoms with Crippen molar-refractivity contribution >= 4 is 17.3 Å². The molecule has 1 aliphatic rings. The second-order valence-electron chi connectivity index (χ2n) is 5.71. The van der Waals surface area contributed by atoms with E-state index in [4.69, 9.17) is 16.3 Å². The van der Waals surface area contributed by atoms with Gasteiger partial charge in [0.25, 0.3) is 5.56 Å². The standard InChI is InChI=1S/C17H20ClN3O2/c18-16-15(11-19-20-17(16)22)21-9-8-14(12-21)23-10-4-7-13-5-2-1-3-6-13/h1-3,5-6,11,14H,4,7-10,12H2,(H,20,22)/t14-/m1/s1. The van der Waals surface area contributed by atoms with Crippen LogP contribution in [0.25, 0.3) is 0 Å². The number of aryl methyl sites for hydroxylation is 1. The highest BCUT2D eigenvalue weighted by molar-refractivity contribution is 6.33. The molecule has 0 unspecified atom stereocenters. The summed E-state index contributed by atoms with van der Waals surface area (Å²) >= 11 is 6.05. The van der Waals surface area contributed by atoms with Crippen molar-refractivity contribution in [2.45, 2.75) is 25.4 Å². The average molecular weight is 334 g/mol. The van der Waals surface area contributed by atoms with Crippen LogP contribution in [0.15, 0.2) is 41.3 Å². The van der Waals surface area contributed by atoms with Crippen molar-refractivity contribution in [2.75, 3.05) is 24.6 Å². The van der Waals surface area contributed by atoms with Gasteiger partial charge in [-0.2, -0.15) is 5.10 Å². The van der Waals surface area contributed by atoms with Gasteiger partial charge in [0, 0.05) is 19.7 Å².